The van der Waals surface area contributed by atoms with Gasteiger partial charge in [-0.1, -0.05) is 332 Å². The summed E-state index contributed by atoms with van der Waals surface area (Å²) in [5.41, 5.74) is 19.7. The molecule has 0 aliphatic rings. The predicted molar refractivity (Wildman–Crippen MR) is 512 cm³/mol. The van der Waals surface area contributed by atoms with Crippen molar-refractivity contribution < 1.29 is 46.2 Å². The lowest BCUT2D eigenvalue weighted by Crippen LogP contribution is -2.05. The number of aryl methyl sites for hydroxylation is 4. The number of hydrogen-bond acceptors (Lipinski definition) is 13. The lowest BCUT2D eigenvalue weighted by molar-refractivity contribution is -0.349. The second-order valence-electron chi connectivity index (χ2n) is 25.9. The molecule has 5 heterocycles. The molecule has 0 radical (unpaired) electrons. The van der Waals surface area contributed by atoms with E-state index in [1.54, 1.807) is 14.2 Å². The van der Waals surface area contributed by atoms with Crippen LogP contribution in [0.15, 0.2) is 294 Å². The van der Waals surface area contributed by atoms with Gasteiger partial charge in [-0.05, 0) is 110 Å². The standard InChI is InChI=1S/C26H22N4.C21H16N2.C16H12N2O2.2C6H6.4C3H6O.C3H8.C2H6O2S.C2H6O.4C2H6.CH4/c1-17-23(19-9-5-3-6-10-19)29-25(27-17)21-13-15-22(16-14-21)26-28-18(2)24(30-26)20-11-7-4-8-12-20;1-4-10-16(11-5-1)19-20(17-12-6-2-7-13-17)23-21(22-19)18-14-8-3-9-15-18;1-9-17-13-7-11(3-5-15(13)19-9)12-4-6-16-14(8-12)18-10(2)20-16;2*1-2-4-6-5-3-1;4*1-3(2)4;1-3-2;1-5(2,3)4;1-3-2;4*1-2;/h3-16H,1-2H3,(H,27,29)(H,28,30);1-15H,(H,22,23);3-8H,1-2H3;2*1-6H;4*1-2H3;3H2,1-2H3;1-2H3;1-2H3;4*1-2H3;1H4/p+1. The molecule has 10 aromatic carbocycles. The van der Waals surface area contributed by atoms with Crippen LogP contribution >= 0.6 is 0 Å². The Morgan fingerprint density at radius 2 is 0.595 bits per heavy atom. The number of nitrogens with zero attached hydrogens (tertiary/aromatic N) is 4. The van der Waals surface area contributed by atoms with E-state index in [2.05, 4.69) is 159 Å². The lowest BCUT2D eigenvalue weighted by atomic mass is 10.0. The number of carbonyl (C=O) groups is 4. The average molecular weight is 1660 g/mol. The number of ether oxygens (including phenoxy) is 1. The molecule has 5 aromatic heterocycles. The van der Waals surface area contributed by atoms with Gasteiger partial charge in [-0.15, -0.1) is 0 Å². The van der Waals surface area contributed by atoms with E-state index in [-0.39, 0.29) is 30.6 Å². The third-order valence-electron chi connectivity index (χ3n) is 13.9. The Morgan fingerprint density at radius 3 is 0.926 bits per heavy atom. The van der Waals surface area contributed by atoms with E-state index in [1.807, 2.05) is 257 Å². The van der Waals surface area contributed by atoms with Crippen LogP contribution in [0.25, 0.3) is 113 Å². The van der Waals surface area contributed by atoms with Crippen LogP contribution in [0.2, 0.25) is 0 Å². The van der Waals surface area contributed by atoms with Gasteiger partial charge in [0, 0.05) is 86.6 Å². The van der Waals surface area contributed by atoms with Gasteiger partial charge in [-0.2, -0.15) is 0 Å². The van der Waals surface area contributed by atoms with Gasteiger partial charge in [0.05, 0.1) is 22.6 Å². The Bertz CT molecular complexity index is 4880. The van der Waals surface area contributed by atoms with Crippen molar-refractivity contribution in [3.8, 4) is 90.3 Å². The molecule has 0 bridgehead atoms. The van der Waals surface area contributed by atoms with E-state index in [4.69, 9.17) is 18.8 Å². The molecule has 0 unspecified atom stereocenters. The fraction of sp³-hybridized carbons (Fsp3) is 0.272. The monoisotopic (exact) mass is 1660 g/mol. The Balaban J connectivity index is 0. The summed E-state index contributed by atoms with van der Waals surface area (Å²) in [5.74, 6) is 4.80. The van der Waals surface area contributed by atoms with Gasteiger partial charge in [-0.25, -0.2) is 38.3 Å². The number of oxazole rings is 2. The molecule has 18 heteroatoms. The predicted octanol–water partition coefficient (Wildman–Crippen LogP) is 27.3. The highest BCUT2D eigenvalue weighted by Crippen LogP contribution is 2.34. The second-order valence-corrected chi connectivity index (χ2v) is 28.2. The molecule has 0 aliphatic heterocycles. The molecule has 15 rings (SSSR count). The quantitative estimate of drug-likeness (QED) is 0.128. The van der Waals surface area contributed by atoms with Crippen LogP contribution in [0.3, 0.4) is 0 Å². The van der Waals surface area contributed by atoms with Crippen LogP contribution in [0.5, 0.6) is 0 Å². The summed E-state index contributed by atoms with van der Waals surface area (Å²) in [5, 5.41) is 0. The van der Waals surface area contributed by atoms with Crippen LogP contribution in [-0.4, -0.2) is 93.2 Å². The normalized spacial score (nSPS) is 9.27. The number of benzene rings is 10. The number of ketones is 4. The first kappa shape index (κ1) is 110. The molecule has 121 heavy (non-hydrogen) atoms. The maximum atomic E-state index is 9.63. The Hall–Kier alpha value is -12.6. The smallest absolute Gasteiger partial charge is 0.285 e. The maximum absolute atomic E-state index is 9.63. The highest BCUT2D eigenvalue weighted by Gasteiger charge is 2.19. The van der Waals surface area contributed by atoms with Crippen molar-refractivity contribution in [1.29, 1.82) is 0 Å². The van der Waals surface area contributed by atoms with Crippen molar-refractivity contribution in [1.82, 2.24) is 34.9 Å². The summed E-state index contributed by atoms with van der Waals surface area (Å²) >= 11 is 0. The van der Waals surface area contributed by atoms with E-state index in [0.29, 0.717) is 11.8 Å². The van der Waals surface area contributed by atoms with E-state index < -0.39 is 9.84 Å². The molecule has 4 N–H and O–H groups in total. The minimum absolute atomic E-state index is 0. The fourth-order valence-electron chi connectivity index (χ4n) is 9.75. The molecule has 0 spiro atoms. The van der Waals surface area contributed by atoms with Gasteiger partial charge in [0.1, 0.15) is 61.3 Å². The van der Waals surface area contributed by atoms with Gasteiger partial charge >= 0.3 is 0 Å². The Labute approximate surface area is 723 Å². The fourth-order valence-corrected chi connectivity index (χ4v) is 9.75. The Kier molecular flexibility index (Phi) is 59.6. The number of hydrogen-bond donors (Lipinski definition) is 3. The van der Waals surface area contributed by atoms with E-state index in [9.17, 15) is 27.6 Å². The molecule has 0 aliphatic carbocycles. The number of carbonyl (C=O) groups excluding carboxylic acids is 4. The number of aromatic amines is 4. The molecule has 15 aromatic rings. The Morgan fingerprint density at radius 1 is 0.347 bits per heavy atom. The molecule has 646 valence electrons. The van der Waals surface area contributed by atoms with E-state index in [1.165, 1.54) is 67.4 Å². The topological polar surface area (TPSA) is 251 Å². The molecule has 17 nitrogen and oxygen atoms in total. The molecule has 0 saturated heterocycles. The van der Waals surface area contributed by atoms with Gasteiger partial charge in [0.25, 0.3) is 5.82 Å². The van der Waals surface area contributed by atoms with Crippen molar-refractivity contribution in [2.24, 2.45) is 0 Å². The third-order valence-corrected chi connectivity index (χ3v) is 13.9. The number of nitrogens with one attached hydrogen (secondary N) is 4. The number of fused-ring (bicyclic) bond motifs is 2. The van der Waals surface area contributed by atoms with E-state index in [0.717, 1.165) is 131 Å². The van der Waals surface area contributed by atoms with Crippen LogP contribution in [-0.2, 0) is 33.8 Å². The molecular weight excluding hydrogens is 1530 g/mol. The van der Waals surface area contributed by atoms with Gasteiger partial charge in [-0.3, -0.25) is 0 Å². The van der Waals surface area contributed by atoms with Crippen molar-refractivity contribution in [3.05, 3.63) is 308 Å². The van der Waals surface area contributed by atoms with Crippen LogP contribution in [0.1, 0.15) is 162 Å². The van der Waals surface area contributed by atoms with Crippen LogP contribution in [0.4, 0.5) is 0 Å². The molecule has 0 amide bonds. The van der Waals surface area contributed by atoms with E-state index >= 15 is 0 Å². The average Bonchev–Trinajstić information content (AvgIpc) is 1.73. The summed E-state index contributed by atoms with van der Waals surface area (Å²) in [6.07, 6.45) is 3.57. The lowest BCUT2D eigenvalue weighted by Gasteiger charge is -2.02. The zero-order chi connectivity index (χ0) is 90.4. The highest BCUT2D eigenvalue weighted by atomic mass is 32.2. The molecule has 0 saturated carbocycles. The number of Topliss-reactive ketones (excluding diaryl/α,β-unsaturated/α-hetero) is 4. The summed E-state index contributed by atoms with van der Waals surface area (Å²) in [6, 6.07) is 96.0. The number of imidazole rings is 3. The first-order valence-corrected chi connectivity index (χ1v) is 42.7. The molecule has 0 fully saturated rings. The van der Waals surface area contributed by atoms with Crippen LogP contribution in [0, 0.1) is 27.7 Å². The summed E-state index contributed by atoms with van der Waals surface area (Å²) in [7, 11) is 0.583. The van der Waals surface area contributed by atoms with Gasteiger partial charge in [0.15, 0.2) is 28.6 Å². The largest absolute Gasteiger partial charge is 0.441 e. The minimum Gasteiger partial charge on any atom is -0.441 e. The number of rotatable bonds is 8. The first-order chi connectivity index (χ1) is 57.5. The first-order valence-electron chi connectivity index (χ1n) is 40.4. The van der Waals surface area contributed by atoms with Gasteiger partial charge in [0.2, 0.25) is 0 Å². The number of aromatic nitrogens is 8. The second kappa shape index (κ2) is 65.3. The highest BCUT2D eigenvalue weighted by molar-refractivity contribution is 7.89. The minimum atomic E-state index is -2.67. The summed E-state index contributed by atoms with van der Waals surface area (Å²) in [6.45, 7) is 40.3. The van der Waals surface area contributed by atoms with Crippen molar-refractivity contribution >= 4 is 55.2 Å². The summed E-state index contributed by atoms with van der Waals surface area (Å²) < 4.78 is 34.5. The zero-order valence-electron chi connectivity index (χ0n) is 75.7. The number of sulfone groups is 1. The maximum Gasteiger partial charge on any atom is 0.285 e. The number of H-pyrrole nitrogens is 4. The van der Waals surface area contributed by atoms with Gasteiger partial charge < -0.3 is 42.7 Å². The van der Waals surface area contributed by atoms with Crippen molar-refractivity contribution in [2.75, 3.05) is 26.7 Å². The van der Waals surface area contributed by atoms with Crippen LogP contribution < -0.4 is 4.98 Å². The SMILES string of the molecule is C.CC.CC.CC.CC.CC(C)=O.CC(C)=O.CC(C)=O.CC(C)=O.CCC.COC.CS(C)(=O)=O.Cc1[nH]c(-c2ccc(-c3[nH]c(C)c(-c4ccccc4)[nH+]3)cc2)nc1-c1ccccc1.Cc1nc2cc(-c3ccc4oc(C)nc4c3)ccc2o1.c1ccc(-c2nc(-c3ccccc3)c(-c3ccccc3)[nH]2)cc1.c1ccccc1.c1ccccc1. The zero-order valence-corrected chi connectivity index (χ0v) is 76.5. The molecular formula is C103H135N8O9S+. The van der Waals surface area contributed by atoms with Crippen molar-refractivity contribution in [2.45, 2.75) is 166 Å². The number of methoxy groups -OCH3 is 1. The summed E-state index contributed by atoms with van der Waals surface area (Å²) in [4.78, 5) is 70.2. The van der Waals surface area contributed by atoms with Crippen molar-refractivity contribution in [3.63, 3.8) is 0 Å². The third kappa shape index (κ3) is 46.9. The molecule has 0 atom stereocenters.